The Bertz CT molecular complexity index is 980. The number of nitrogens with one attached hydrogen (secondary N) is 2. The van der Waals surface area contributed by atoms with Crippen molar-refractivity contribution in [2.24, 2.45) is 0 Å². The van der Waals surface area contributed by atoms with Gasteiger partial charge < -0.3 is 15.4 Å². The molecular formula is C20H20ClF2N3O5S. The van der Waals surface area contributed by atoms with Gasteiger partial charge in [-0.2, -0.15) is 20.5 Å². The highest BCUT2D eigenvalue weighted by Crippen LogP contribution is 2.25. The monoisotopic (exact) mass is 487 g/mol. The zero-order chi connectivity index (χ0) is 23.7. The molecule has 172 valence electrons. The van der Waals surface area contributed by atoms with Crippen LogP contribution in [0.2, 0.25) is 5.02 Å². The van der Waals surface area contributed by atoms with E-state index in [9.17, 15) is 28.5 Å². The number of alkyl halides is 2. The van der Waals surface area contributed by atoms with Crippen LogP contribution in [0.1, 0.15) is 22.3 Å². The van der Waals surface area contributed by atoms with Gasteiger partial charge in [0.1, 0.15) is 16.8 Å². The van der Waals surface area contributed by atoms with Crippen LogP contribution in [-0.4, -0.2) is 41.4 Å². The molecule has 0 saturated carbocycles. The summed E-state index contributed by atoms with van der Waals surface area (Å²) in [7, 11) is 0. The van der Waals surface area contributed by atoms with Crippen molar-refractivity contribution in [1.82, 2.24) is 10.6 Å². The summed E-state index contributed by atoms with van der Waals surface area (Å²) in [6.45, 7) is -3.11. The molecule has 32 heavy (non-hydrogen) atoms. The van der Waals surface area contributed by atoms with Gasteiger partial charge in [-0.05, 0) is 36.6 Å². The molecule has 1 unspecified atom stereocenters. The van der Waals surface area contributed by atoms with Gasteiger partial charge in [0, 0.05) is 23.7 Å². The highest BCUT2D eigenvalue weighted by atomic mass is 35.5. The fourth-order valence-electron chi connectivity index (χ4n) is 2.71. The van der Waals surface area contributed by atoms with Gasteiger partial charge in [0.15, 0.2) is 0 Å². The summed E-state index contributed by atoms with van der Waals surface area (Å²) in [6.07, 6.45) is 2.11. The lowest BCUT2D eigenvalue weighted by molar-refractivity contribution is -0.384. The van der Waals surface area contributed by atoms with Crippen molar-refractivity contribution in [3.63, 3.8) is 0 Å². The first kappa shape index (κ1) is 25.3. The Morgan fingerprint density at radius 3 is 2.62 bits per heavy atom. The third kappa shape index (κ3) is 7.34. The molecular weight excluding hydrogens is 468 g/mol. The number of amides is 2. The number of ether oxygens (including phenoxy) is 1. The second kappa shape index (κ2) is 12.2. The summed E-state index contributed by atoms with van der Waals surface area (Å²) < 4.78 is 29.6. The molecule has 1 atom stereocenters. The molecule has 2 aromatic carbocycles. The molecule has 0 bridgehead atoms. The van der Waals surface area contributed by atoms with Crippen LogP contribution in [0.4, 0.5) is 14.5 Å². The first-order valence-electron chi connectivity index (χ1n) is 9.27. The van der Waals surface area contributed by atoms with Crippen LogP contribution in [-0.2, 0) is 11.3 Å². The molecule has 0 heterocycles. The van der Waals surface area contributed by atoms with E-state index in [0.717, 1.165) is 6.07 Å². The molecule has 0 aliphatic carbocycles. The van der Waals surface area contributed by atoms with Gasteiger partial charge in [0.25, 0.3) is 11.6 Å². The van der Waals surface area contributed by atoms with Gasteiger partial charge in [0.05, 0.1) is 4.92 Å². The standard InChI is InChI=1S/C20H20ClF2N3O5S/c1-32-9-8-15(25-18(27)12-6-7-14(21)16(10-12)26(29)30)19(28)24-11-13-4-2-3-5-17(13)31-20(22)23/h2-7,10,15,20H,8-9,11H2,1H3,(H,24,28)(H,25,27). The number of para-hydroxylation sites is 1. The number of nitro benzene ring substituents is 1. The topological polar surface area (TPSA) is 111 Å². The van der Waals surface area contributed by atoms with Crippen LogP contribution in [0, 0.1) is 10.1 Å². The van der Waals surface area contributed by atoms with E-state index in [4.69, 9.17) is 11.6 Å². The SMILES string of the molecule is CSCCC(NC(=O)c1ccc(Cl)c([N+](=O)[O-])c1)C(=O)NCc1ccccc1OC(F)F. The predicted octanol–water partition coefficient (Wildman–Crippen LogP) is 4.02. The van der Waals surface area contributed by atoms with Gasteiger partial charge in [-0.25, -0.2) is 0 Å². The molecule has 0 radical (unpaired) electrons. The van der Waals surface area contributed by atoms with Crippen LogP contribution < -0.4 is 15.4 Å². The van der Waals surface area contributed by atoms with Crippen molar-refractivity contribution < 1.29 is 28.0 Å². The minimum atomic E-state index is -3.01. The molecule has 0 aliphatic rings. The maximum Gasteiger partial charge on any atom is 0.387 e. The van der Waals surface area contributed by atoms with Crippen molar-refractivity contribution in [2.45, 2.75) is 25.6 Å². The van der Waals surface area contributed by atoms with Gasteiger partial charge in [-0.15, -0.1) is 0 Å². The Kier molecular flexibility index (Phi) is 9.66. The largest absolute Gasteiger partial charge is 0.434 e. The molecule has 0 aliphatic heterocycles. The number of halogens is 3. The van der Waals surface area contributed by atoms with Gasteiger partial charge >= 0.3 is 6.61 Å². The molecule has 2 amide bonds. The van der Waals surface area contributed by atoms with E-state index >= 15 is 0 Å². The Hall–Kier alpha value is -2.92. The summed E-state index contributed by atoms with van der Waals surface area (Å²) in [5.74, 6) is -0.749. The molecule has 0 saturated heterocycles. The first-order chi connectivity index (χ1) is 15.2. The third-order valence-corrected chi connectivity index (χ3v) is 5.24. The number of carbonyl (C=O) groups is 2. The van der Waals surface area contributed by atoms with Crippen LogP contribution in [0.15, 0.2) is 42.5 Å². The van der Waals surface area contributed by atoms with E-state index in [-0.39, 0.29) is 29.3 Å². The number of nitrogens with zero attached hydrogens (tertiary/aromatic N) is 1. The molecule has 0 aromatic heterocycles. The maximum absolute atomic E-state index is 12.7. The number of nitro groups is 1. The van der Waals surface area contributed by atoms with E-state index in [1.165, 1.54) is 42.1 Å². The Morgan fingerprint density at radius 1 is 1.25 bits per heavy atom. The van der Waals surface area contributed by atoms with Crippen LogP contribution in [0.3, 0.4) is 0 Å². The smallest absolute Gasteiger partial charge is 0.387 e. The summed E-state index contributed by atoms with van der Waals surface area (Å²) in [5, 5.41) is 16.1. The maximum atomic E-state index is 12.7. The van der Waals surface area contributed by atoms with Crippen molar-refractivity contribution >= 4 is 40.9 Å². The predicted molar refractivity (Wildman–Crippen MR) is 117 cm³/mol. The van der Waals surface area contributed by atoms with E-state index < -0.39 is 35.1 Å². The quantitative estimate of drug-likeness (QED) is 0.366. The molecule has 2 N–H and O–H groups in total. The number of hydrogen-bond acceptors (Lipinski definition) is 6. The van der Waals surface area contributed by atoms with Crippen molar-refractivity contribution in [3.05, 3.63) is 68.7 Å². The van der Waals surface area contributed by atoms with Crippen LogP contribution in [0.25, 0.3) is 0 Å². The number of carbonyl (C=O) groups excluding carboxylic acids is 2. The minimum Gasteiger partial charge on any atom is -0.434 e. The number of benzene rings is 2. The van der Waals surface area contributed by atoms with Gasteiger partial charge in [-0.1, -0.05) is 29.8 Å². The van der Waals surface area contributed by atoms with Crippen molar-refractivity contribution in [2.75, 3.05) is 12.0 Å². The first-order valence-corrected chi connectivity index (χ1v) is 11.0. The van der Waals surface area contributed by atoms with Gasteiger partial charge in [-0.3, -0.25) is 19.7 Å². The Labute approximate surface area is 191 Å². The summed E-state index contributed by atoms with van der Waals surface area (Å²) in [5.41, 5.74) is -0.122. The van der Waals surface area contributed by atoms with Crippen LogP contribution in [0.5, 0.6) is 5.75 Å². The summed E-state index contributed by atoms with van der Waals surface area (Å²) >= 11 is 7.23. The second-order valence-electron chi connectivity index (χ2n) is 6.43. The van der Waals surface area contributed by atoms with Crippen molar-refractivity contribution in [3.8, 4) is 5.75 Å². The number of thioether (sulfide) groups is 1. The highest BCUT2D eigenvalue weighted by molar-refractivity contribution is 7.98. The van der Waals surface area contributed by atoms with E-state index in [1.54, 1.807) is 6.07 Å². The minimum absolute atomic E-state index is 0.0290. The number of rotatable bonds is 11. The normalized spacial score (nSPS) is 11.7. The van der Waals surface area contributed by atoms with E-state index in [1.807, 2.05) is 6.26 Å². The molecule has 0 spiro atoms. The Morgan fingerprint density at radius 2 is 1.97 bits per heavy atom. The van der Waals surface area contributed by atoms with E-state index in [0.29, 0.717) is 11.3 Å². The molecule has 12 heteroatoms. The Balaban J connectivity index is 2.11. The second-order valence-corrected chi connectivity index (χ2v) is 7.83. The van der Waals surface area contributed by atoms with E-state index in [2.05, 4.69) is 15.4 Å². The summed E-state index contributed by atoms with van der Waals surface area (Å²) in [4.78, 5) is 35.6. The average molecular weight is 488 g/mol. The molecule has 2 aromatic rings. The lowest BCUT2D eigenvalue weighted by atomic mass is 10.1. The zero-order valence-corrected chi connectivity index (χ0v) is 18.4. The fraction of sp³-hybridized carbons (Fsp3) is 0.300. The molecule has 8 nitrogen and oxygen atoms in total. The fourth-order valence-corrected chi connectivity index (χ4v) is 3.36. The van der Waals surface area contributed by atoms with Gasteiger partial charge in [0.2, 0.25) is 5.91 Å². The zero-order valence-electron chi connectivity index (χ0n) is 16.8. The van der Waals surface area contributed by atoms with Crippen LogP contribution >= 0.6 is 23.4 Å². The molecule has 2 rings (SSSR count). The lowest BCUT2D eigenvalue weighted by Gasteiger charge is -2.19. The lowest BCUT2D eigenvalue weighted by Crippen LogP contribution is -2.46. The summed E-state index contributed by atoms with van der Waals surface area (Å²) in [6, 6.07) is 8.63. The molecule has 0 fully saturated rings. The third-order valence-electron chi connectivity index (χ3n) is 4.28. The average Bonchev–Trinajstić information content (AvgIpc) is 2.75. The highest BCUT2D eigenvalue weighted by Gasteiger charge is 2.23. The van der Waals surface area contributed by atoms with Crippen molar-refractivity contribution in [1.29, 1.82) is 0 Å². The number of hydrogen-bond donors (Lipinski definition) is 2.